The van der Waals surface area contributed by atoms with E-state index < -0.39 is 0 Å². The number of carbonyl (C=O) groups excluding carboxylic acids is 2. The molecule has 1 heterocycles. The van der Waals surface area contributed by atoms with Gasteiger partial charge in [-0.3, -0.25) is 9.59 Å². The maximum absolute atomic E-state index is 12.5. The molecule has 0 saturated heterocycles. The molecule has 0 atom stereocenters. The van der Waals surface area contributed by atoms with Crippen LogP contribution >= 0.6 is 15.9 Å². The van der Waals surface area contributed by atoms with Gasteiger partial charge < -0.3 is 15.1 Å². The van der Waals surface area contributed by atoms with Gasteiger partial charge in [0, 0.05) is 28.3 Å². The van der Waals surface area contributed by atoms with Crippen LogP contribution in [-0.4, -0.2) is 11.8 Å². The summed E-state index contributed by atoms with van der Waals surface area (Å²) in [7, 11) is 0. The number of aryl methyl sites for hydroxylation is 1. The van der Waals surface area contributed by atoms with Gasteiger partial charge in [0.05, 0.1) is 5.56 Å². The molecule has 6 heteroatoms. The summed E-state index contributed by atoms with van der Waals surface area (Å²) >= 11 is 3.40. The Bertz CT molecular complexity index is 944. The highest BCUT2D eigenvalue weighted by Gasteiger charge is 2.16. The van der Waals surface area contributed by atoms with Crippen LogP contribution in [0, 0.1) is 6.92 Å². The van der Waals surface area contributed by atoms with E-state index in [9.17, 15) is 9.59 Å². The highest BCUT2D eigenvalue weighted by atomic mass is 79.9. The molecule has 0 aliphatic heterocycles. The maximum Gasteiger partial charge on any atom is 0.259 e. The van der Waals surface area contributed by atoms with Crippen LogP contribution in [0.4, 0.5) is 11.4 Å². The number of furan rings is 1. The lowest BCUT2D eigenvalue weighted by atomic mass is 10.1. The van der Waals surface area contributed by atoms with Crippen molar-refractivity contribution in [1.29, 1.82) is 0 Å². The van der Waals surface area contributed by atoms with Crippen LogP contribution in [0.5, 0.6) is 0 Å². The predicted octanol–water partition coefficient (Wildman–Crippen LogP) is 5.23. The summed E-state index contributed by atoms with van der Waals surface area (Å²) in [4.78, 5) is 23.6. The number of carbonyl (C=O) groups is 2. The maximum atomic E-state index is 12.5. The van der Waals surface area contributed by atoms with Crippen molar-refractivity contribution in [2.45, 2.75) is 13.8 Å². The summed E-state index contributed by atoms with van der Waals surface area (Å²) in [5, 5.41) is 5.52. The quantitative estimate of drug-likeness (QED) is 0.616. The number of hydrogen-bond acceptors (Lipinski definition) is 3. The molecule has 0 saturated carbocycles. The van der Waals surface area contributed by atoms with Gasteiger partial charge in [-0.2, -0.15) is 0 Å². The average molecular weight is 413 g/mol. The van der Waals surface area contributed by atoms with Gasteiger partial charge in [-0.05, 0) is 49.4 Å². The summed E-state index contributed by atoms with van der Waals surface area (Å²) in [6, 6.07) is 16.3. The molecule has 0 unspecified atom stereocenters. The molecule has 0 fully saturated rings. The Hall–Kier alpha value is -2.86. The molecule has 26 heavy (non-hydrogen) atoms. The highest BCUT2D eigenvalue weighted by molar-refractivity contribution is 9.10. The second kappa shape index (κ2) is 7.58. The zero-order chi connectivity index (χ0) is 18.7. The minimum atomic E-state index is -0.248. The first-order valence-corrected chi connectivity index (χ1v) is 8.77. The zero-order valence-corrected chi connectivity index (χ0v) is 15.9. The Morgan fingerprint density at radius 1 is 0.923 bits per heavy atom. The topological polar surface area (TPSA) is 71.3 Å². The lowest BCUT2D eigenvalue weighted by Gasteiger charge is -2.06. The molecule has 0 spiro atoms. The van der Waals surface area contributed by atoms with E-state index in [2.05, 4.69) is 26.6 Å². The van der Waals surface area contributed by atoms with Gasteiger partial charge in [-0.25, -0.2) is 0 Å². The van der Waals surface area contributed by atoms with Gasteiger partial charge in [-0.1, -0.05) is 28.1 Å². The molecule has 2 amide bonds. The SMILES string of the molecule is CC(=O)Nc1ccc(NC(=O)c2cc(-c3ccc(Br)cc3)oc2C)cc1. The van der Waals surface area contributed by atoms with Crippen molar-refractivity contribution in [1.82, 2.24) is 0 Å². The standard InChI is InChI=1S/C20H17BrN2O3/c1-12-18(11-19(26-12)14-3-5-15(21)6-4-14)20(25)23-17-9-7-16(8-10-17)22-13(2)24/h3-11H,1-2H3,(H,22,24)(H,23,25). The summed E-state index contributed by atoms with van der Waals surface area (Å²) in [6.07, 6.45) is 0. The van der Waals surface area contributed by atoms with E-state index in [-0.39, 0.29) is 11.8 Å². The molecule has 1 aromatic heterocycles. The molecule has 5 nitrogen and oxygen atoms in total. The van der Waals surface area contributed by atoms with Crippen molar-refractivity contribution >= 4 is 39.1 Å². The fourth-order valence-corrected chi connectivity index (χ4v) is 2.77. The summed E-state index contributed by atoms with van der Waals surface area (Å²) < 4.78 is 6.72. The summed E-state index contributed by atoms with van der Waals surface area (Å²) in [6.45, 7) is 3.21. The van der Waals surface area contributed by atoms with Gasteiger partial charge in [0.1, 0.15) is 11.5 Å². The normalized spacial score (nSPS) is 10.4. The third-order valence-electron chi connectivity index (χ3n) is 3.75. The smallest absolute Gasteiger partial charge is 0.259 e. The van der Waals surface area contributed by atoms with E-state index in [4.69, 9.17) is 4.42 Å². The number of hydrogen-bond donors (Lipinski definition) is 2. The number of anilines is 2. The Morgan fingerprint density at radius 3 is 2.08 bits per heavy atom. The van der Waals surface area contributed by atoms with Crippen LogP contribution in [0.3, 0.4) is 0 Å². The Morgan fingerprint density at radius 2 is 1.50 bits per heavy atom. The number of nitrogens with one attached hydrogen (secondary N) is 2. The fraction of sp³-hybridized carbons (Fsp3) is 0.100. The minimum absolute atomic E-state index is 0.142. The average Bonchev–Trinajstić information content (AvgIpc) is 2.99. The summed E-state index contributed by atoms with van der Waals surface area (Å²) in [5.74, 6) is 0.801. The van der Waals surface area contributed by atoms with Crippen molar-refractivity contribution in [2.24, 2.45) is 0 Å². The number of benzene rings is 2. The summed E-state index contributed by atoms with van der Waals surface area (Å²) in [5.41, 5.74) is 2.69. The molecule has 132 valence electrons. The second-order valence-electron chi connectivity index (χ2n) is 5.80. The van der Waals surface area contributed by atoms with E-state index in [1.165, 1.54) is 6.92 Å². The van der Waals surface area contributed by atoms with Crippen molar-refractivity contribution in [3.8, 4) is 11.3 Å². The van der Waals surface area contributed by atoms with E-state index in [0.29, 0.717) is 28.5 Å². The zero-order valence-electron chi connectivity index (χ0n) is 14.3. The number of halogens is 1. The van der Waals surface area contributed by atoms with Crippen LogP contribution in [0.15, 0.2) is 63.5 Å². The van der Waals surface area contributed by atoms with E-state index in [1.807, 2.05) is 24.3 Å². The van der Waals surface area contributed by atoms with Crippen LogP contribution in [0.1, 0.15) is 23.0 Å². The minimum Gasteiger partial charge on any atom is -0.461 e. The van der Waals surface area contributed by atoms with Gasteiger partial charge >= 0.3 is 0 Å². The third kappa shape index (κ3) is 4.21. The molecule has 2 aromatic carbocycles. The van der Waals surface area contributed by atoms with Crippen molar-refractivity contribution in [3.63, 3.8) is 0 Å². The Kier molecular flexibility index (Phi) is 5.23. The van der Waals surface area contributed by atoms with Crippen molar-refractivity contribution in [2.75, 3.05) is 10.6 Å². The molecular formula is C20H17BrN2O3. The van der Waals surface area contributed by atoms with Gasteiger partial charge in [0.25, 0.3) is 5.91 Å². The van der Waals surface area contributed by atoms with Crippen LogP contribution in [0.25, 0.3) is 11.3 Å². The number of rotatable bonds is 4. The largest absolute Gasteiger partial charge is 0.461 e. The molecule has 0 radical (unpaired) electrons. The Labute approximate surface area is 159 Å². The van der Waals surface area contributed by atoms with Gasteiger partial charge in [0.2, 0.25) is 5.91 Å². The molecule has 0 aliphatic carbocycles. The first-order valence-electron chi connectivity index (χ1n) is 7.98. The lowest BCUT2D eigenvalue weighted by molar-refractivity contribution is -0.114. The number of amides is 2. The van der Waals surface area contributed by atoms with Crippen LogP contribution in [0.2, 0.25) is 0 Å². The molecule has 3 rings (SSSR count). The first kappa shape index (κ1) is 17.9. The predicted molar refractivity (Wildman–Crippen MR) is 105 cm³/mol. The van der Waals surface area contributed by atoms with Gasteiger partial charge in [0.15, 0.2) is 0 Å². The first-order chi connectivity index (χ1) is 12.4. The van der Waals surface area contributed by atoms with E-state index in [1.54, 1.807) is 37.3 Å². The molecule has 2 N–H and O–H groups in total. The molecular weight excluding hydrogens is 396 g/mol. The molecule has 0 bridgehead atoms. The molecule has 0 aliphatic rings. The Balaban J connectivity index is 1.75. The second-order valence-corrected chi connectivity index (χ2v) is 6.72. The van der Waals surface area contributed by atoms with Crippen molar-refractivity contribution < 1.29 is 14.0 Å². The lowest BCUT2D eigenvalue weighted by Crippen LogP contribution is -2.12. The van der Waals surface area contributed by atoms with Crippen LogP contribution < -0.4 is 10.6 Å². The van der Waals surface area contributed by atoms with E-state index in [0.717, 1.165) is 10.0 Å². The molecule has 3 aromatic rings. The van der Waals surface area contributed by atoms with Crippen molar-refractivity contribution in [3.05, 3.63) is 70.4 Å². The third-order valence-corrected chi connectivity index (χ3v) is 4.28. The highest BCUT2D eigenvalue weighted by Crippen LogP contribution is 2.27. The van der Waals surface area contributed by atoms with Crippen LogP contribution in [-0.2, 0) is 4.79 Å². The monoisotopic (exact) mass is 412 g/mol. The fourth-order valence-electron chi connectivity index (χ4n) is 2.50. The van der Waals surface area contributed by atoms with E-state index >= 15 is 0 Å². The van der Waals surface area contributed by atoms with Gasteiger partial charge in [-0.15, -0.1) is 0 Å².